The molecule has 1 aromatic rings. The number of rotatable bonds is 7. The Morgan fingerprint density at radius 1 is 1.19 bits per heavy atom. The highest BCUT2D eigenvalue weighted by Gasteiger charge is 2.23. The lowest BCUT2D eigenvalue weighted by Gasteiger charge is -2.37. The summed E-state index contributed by atoms with van der Waals surface area (Å²) in [6.07, 6.45) is 2.27. The first-order valence-electron chi connectivity index (χ1n) is 8.37. The van der Waals surface area contributed by atoms with E-state index in [1.54, 1.807) is 0 Å². The number of hydrogen-bond acceptors (Lipinski definition) is 5. The Bertz CT molecular complexity index is 424. The third-order valence-corrected chi connectivity index (χ3v) is 5.59. The van der Waals surface area contributed by atoms with Crippen LogP contribution in [0.2, 0.25) is 0 Å². The fourth-order valence-electron chi connectivity index (χ4n) is 2.77. The second-order valence-electron chi connectivity index (χ2n) is 5.78. The fourth-order valence-corrected chi connectivity index (χ4v) is 3.94. The van der Waals surface area contributed by atoms with E-state index in [1.165, 1.54) is 35.2 Å². The molecule has 2 heterocycles. The van der Waals surface area contributed by atoms with Crippen LogP contribution >= 0.6 is 11.3 Å². The van der Waals surface area contributed by atoms with Crippen molar-refractivity contribution in [1.29, 1.82) is 0 Å². The summed E-state index contributed by atoms with van der Waals surface area (Å²) >= 11 is 1.88. The van der Waals surface area contributed by atoms with E-state index in [-0.39, 0.29) is 0 Å². The van der Waals surface area contributed by atoms with Gasteiger partial charge in [-0.3, -0.25) is 4.90 Å². The van der Waals surface area contributed by atoms with E-state index in [0.717, 1.165) is 32.6 Å². The van der Waals surface area contributed by atoms with Gasteiger partial charge in [0.15, 0.2) is 5.13 Å². The third kappa shape index (κ3) is 4.18. The zero-order valence-corrected chi connectivity index (χ0v) is 14.8. The zero-order chi connectivity index (χ0) is 15.2. The predicted octanol–water partition coefficient (Wildman–Crippen LogP) is 2.74. The van der Waals surface area contributed by atoms with Gasteiger partial charge in [-0.05, 0) is 26.3 Å². The maximum atomic E-state index is 4.88. The molecule has 1 fully saturated rings. The largest absolute Gasteiger partial charge is 0.346 e. The van der Waals surface area contributed by atoms with Crippen LogP contribution in [-0.2, 0) is 13.0 Å². The van der Waals surface area contributed by atoms with Crippen molar-refractivity contribution in [3.63, 3.8) is 0 Å². The quantitative estimate of drug-likeness (QED) is 0.839. The molecular weight excluding hydrogens is 280 g/mol. The van der Waals surface area contributed by atoms with Crippen LogP contribution < -0.4 is 10.2 Å². The highest BCUT2D eigenvalue weighted by atomic mass is 32.1. The molecule has 1 aliphatic heterocycles. The summed E-state index contributed by atoms with van der Waals surface area (Å²) in [6, 6.07) is 0.707. The molecule has 1 saturated heterocycles. The lowest BCUT2D eigenvalue weighted by atomic mass is 10.2. The molecule has 0 aliphatic carbocycles. The lowest BCUT2D eigenvalue weighted by Crippen LogP contribution is -2.49. The number of nitrogens with one attached hydrogen (secondary N) is 1. The Hall–Kier alpha value is -0.650. The van der Waals surface area contributed by atoms with Crippen molar-refractivity contribution in [1.82, 2.24) is 15.2 Å². The summed E-state index contributed by atoms with van der Waals surface area (Å²) in [5, 5.41) is 4.65. The summed E-state index contributed by atoms with van der Waals surface area (Å²) in [6.45, 7) is 15.5. The van der Waals surface area contributed by atoms with Crippen molar-refractivity contribution >= 4 is 16.5 Å². The molecule has 1 aromatic heterocycles. The minimum atomic E-state index is 0.707. The summed E-state index contributed by atoms with van der Waals surface area (Å²) in [7, 11) is 0. The molecule has 21 heavy (non-hydrogen) atoms. The molecule has 120 valence electrons. The standard InChI is InChI=1S/C16H30N4S/c1-5-13(4)19-8-10-20(11-9-19)16-18-14(6-2)15(21-16)12-17-7-3/h13,17H,5-12H2,1-4H3. The van der Waals surface area contributed by atoms with Crippen molar-refractivity contribution in [3.05, 3.63) is 10.6 Å². The average molecular weight is 311 g/mol. The van der Waals surface area contributed by atoms with E-state index in [2.05, 4.69) is 42.8 Å². The van der Waals surface area contributed by atoms with Gasteiger partial charge >= 0.3 is 0 Å². The van der Waals surface area contributed by atoms with Gasteiger partial charge in [0.1, 0.15) is 0 Å². The normalized spacial score (nSPS) is 18.2. The first-order valence-corrected chi connectivity index (χ1v) is 9.19. The van der Waals surface area contributed by atoms with Gasteiger partial charge in [-0.2, -0.15) is 0 Å². The van der Waals surface area contributed by atoms with Gasteiger partial charge in [0.25, 0.3) is 0 Å². The van der Waals surface area contributed by atoms with Crippen molar-refractivity contribution in [2.75, 3.05) is 37.6 Å². The molecular formula is C16H30N4S. The molecule has 1 unspecified atom stereocenters. The molecule has 0 amide bonds. The molecule has 4 nitrogen and oxygen atoms in total. The number of nitrogens with zero attached hydrogens (tertiary/aromatic N) is 3. The molecule has 1 aliphatic rings. The van der Waals surface area contributed by atoms with E-state index >= 15 is 0 Å². The average Bonchev–Trinajstić information content (AvgIpc) is 2.95. The maximum absolute atomic E-state index is 4.88. The Labute approximate surface area is 133 Å². The highest BCUT2D eigenvalue weighted by Crippen LogP contribution is 2.28. The van der Waals surface area contributed by atoms with Gasteiger partial charge < -0.3 is 10.2 Å². The number of aryl methyl sites for hydroxylation is 1. The van der Waals surface area contributed by atoms with E-state index in [9.17, 15) is 0 Å². The van der Waals surface area contributed by atoms with Gasteiger partial charge in [0.05, 0.1) is 5.69 Å². The van der Waals surface area contributed by atoms with E-state index in [4.69, 9.17) is 4.98 Å². The molecule has 1 N–H and O–H groups in total. The minimum Gasteiger partial charge on any atom is -0.346 e. The van der Waals surface area contributed by atoms with Gasteiger partial charge in [0, 0.05) is 43.6 Å². The molecule has 5 heteroatoms. The first kappa shape index (κ1) is 16.7. The van der Waals surface area contributed by atoms with Crippen LogP contribution in [0, 0.1) is 0 Å². The molecule has 0 aromatic carbocycles. The van der Waals surface area contributed by atoms with Gasteiger partial charge in [-0.1, -0.05) is 20.8 Å². The van der Waals surface area contributed by atoms with E-state index in [0.29, 0.717) is 6.04 Å². The van der Waals surface area contributed by atoms with Gasteiger partial charge in [-0.15, -0.1) is 11.3 Å². The topological polar surface area (TPSA) is 31.4 Å². The second-order valence-corrected chi connectivity index (χ2v) is 6.84. The highest BCUT2D eigenvalue weighted by molar-refractivity contribution is 7.15. The number of thiazole rings is 1. The van der Waals surface area contributed by atoms with Crippen molar-refractivity contribution < 1.29 is 0 Å². The van der Waals surface area contributed by atoms with E-state index < -0.39 is 0 Å². The molecule has 2 rings (SSSR count). The number of anilines is 1. The molecule has 0 saturated carbocycles. The number of piperazine rings is 1. The van der Waals surface area contributed by atoms with Gasteiger partial charge in [0.2, 0.25) is 0 Å². The van der Waals surface area contributed by atoms with Crippen molar-refractivity contribution in [2.45, 2.75) is 53.1 Å². The van der Waals surface area contributed by atoms with Crippen LogP contribution in [-0.4, -0.2) is 48.6 Å². The maximum Gasteiger partial charge on any atom is 0.185 e. The Kier molecular flexibility index (Phi) is 6.45. The van der Waals surface area contributed by atoms with Gasteiger partial charge in [-0.25, -0.2) is 4.98 Å². The number of aromatic nitrogens is 1. The lowest BCUT2D eigenvalue weighted by molar-refractivity contribution is 0.193. The summed E-state index contributed by atoms with van der Waals surface area (Å²) < 4.78 is 0. The zero-order valence-electron chi connectivity index (χ0n) is 14.0. The van der Waals surface area contributed by atoms with Crippen molar-refractivity contribution in [3.8, 4) is 0 Å². The van der Waals surface area contributed by atoms with Crippen LogP contribution in [0.25, 0.3) is 0 Å². The van der Waals surface area contributed by atoms with Crippen LogP contribution in [0.1, 0.15) is 44.7 Å². The second kappa shape index (κ2) is 8.11. The third-order valence-electron chi connectivity index (χ3n) is 4.44. The summed E-state index contributed by atoms with van der Waals surface area (Å²) in [5.74, 6) is 0. The van der Waals surface area contributed by atoms with E-state index in [1.807, 2.05) is 11.3 Å². The minimum absolute atomic E-state index is 0.707. The Balaban J connectivity index is 1.98. The SMILES string of the molecule is CCNCc1sc(N2CCN(C(C)CC)CC2)nc1CC. The summed E-state index contributed by atoms with van der Waals surface area (Å²) in [4.78, 5) is 11.4. The number of hydrogen-bond donors (Lipinski definition) is 1. The first-order chi connectivity index (χ1) is 10.2. The molecule has 0 radical (unpaired) electrons. The van der Waals surface area contributed by atoms with Crippen LogP contribution in [0.3, 0.4) is 0 Å². The Morgan fingerprint density at radius 3 is 2.48 bits per heavy atom. The smallest absolute Gasteiger partial charge is 0.185 e. The fraction of sp³-hybridized carbons (Fsp3) is 0.812. The van der Waals surface area contributed by atoms with Crippen LogP contribution in [0.4, 0.5) is 5.13 Å². The van der Waals surface area contributed by atoms with Crippen molar-refractivity contribution in [2.24, 2.45) is 0 Å². The Morgan fingerprint density at radius 2 is 1.90 bits per heavy atom. The summed E-state index contributed by atoms with van der Waals surface area (Å²) in [5.41, 5.74) is 1.28. The molecule has 1 atom stereocenters. The van der Waals surface area contributed by atoms with Crippen LogP contribution in [0.5, 0.6) is 0 Å². The van der Waals surface area contributed by atoms with Crippen LogP contribution in [0.15, 0.2) is 0 Å². The predicted molar refractivity (Wildman–Crippen MR) is 92.4 cm³/mol. The monoisotopic (exact) mass is 310 g/mol. The molecule has 0 bridgehead atoms. The molecule has 0 spiro atoms.